The minimum atomic E-state index is -1.13. The van der Waals surface area contributed by atoms with Crippen LogP contribution in [-0.2, 0) is 0 Å². The molecule has 3 aromatic rings. The maximum atomic E-state index is 13.2. The highest BCUT2D eigenvalue weighted by Gasteiger charge is 2.19. The van der Waals surface area contributed by atoms with Gasteiger partial charge in [0.2, 0.25) is 0 Å². The first-order valence-electron chi connectivity index (χ1n) is 5.78. The third-order valence-corrected chi connectivity index (χ3v) is 2.77. The normalized spacial score (nSPS) is 10.7. The van der Waals surface area contributed by atoms with Gasteiger partial charge in [0, 0.05) is 6.20 Å². The quantitative estimate of drug-likeness (QED) is 0.795. The molecule has 0 bridgehead atoms. The first-order valence-corrected chi connectivity index (χ1v) is 5.78. The number of halogens is 1. The number of hydrogen-bond donors (Lipinski definition) is 1. The van der Waals surface area contributed by atoms with Crippen molar-refractivity contribution in [2.45, 2.75) is 0 Å². The lowest BCUT2D eigenvalue weighted by Gasteiger charge is -2.00. The Morgan fingerprint density at radius 1 is 1.30 bits per heavy atom. The molecule has 0 atom stereocenters. The summed E-state index contributed by atoms with van der Waals surface area (Å²) in [6.07, 6.45) is 2.76. The predicted molar refractivity (Wildman–Crippen MR) is 68.2 cm³/mol. The van der Waals surface area contributed by atoms with E-state index in [-0.39, 0.29) is 11.3 Å². The number of carbonyl (C=O) groups is 1. The summed E-state index contributed by atoms with van der Waals surface area (Å²) >= 11 is 0. The van der Waals surface area contributed by atoms with Gasteiger partial charge in [0.05, 0.1) is 12.0 Å². The van der Waals surface area contributed by atoms with Gasteiger partial charge in [0.25, 0.3) is 0 Å². The topological polar surface area (TPSA) is 68.3 Å². The van der Waals surface area contributed by atoms with Crippen LogP contribution in [0.15, 0.2) is 53.3 Å². The lowest BCUT2D eigenvalue weighted by Crippen LogP contribution is -1.96. The molecule has 1 aromatic carbocycles. The van der Waals surface area contributed by atoms with Crippen LogP contribution in [0.1, 0.15) is 10.4 Å². The Bertz CT molecular complexity index is 763. The molecular weight excluding hydrogens is 263 g/mol. The zero-order valence-electron chi connectivity index (χ0n) is 10.2. The van der Waals surface area contributed by atoms with Crippen LogP contribution in [-0.4, -0.2) is 20.9 Å². The van der Waals surface area contributed by atoms with E-state index in [0.717, 1.165) is 0 Å². The summed E-state index contributed by atoms with van der Waals surface area (Å²) in [7, 11) is 0. The zero-order chi connectivity index (χ0) is 14.1. The van der Waals surface area contributed by atoms with Gasteiger partial charge < -0.3 is 9.52 Å². The van der Waals surface area contributed by atoms with Crippen LogP contribution in [0.4, 0.5) is 4.39 Å². The molecule has 0 aliphatic carbocycles. The Morgan fingerprint density at radius 3 is 2.80 bits per heavy atom. The number of hydrogen-bond acceptors (Lipinski definition) is 3. The fourth-order valence-electron chi connectivity index (χ4n) is 1.88. The largest absolute Gasteiger partial charge is 0.478 e. The molecule has 5 nitrogen and oxygen atoms in total. The molecule has 0 aliphatic rings. The molecule has 0 spiro atoms. The molecule has 0 saturated carbocycles. The lowest BCUT2D eigenvalue weighted by molar-refractivity contribution is 0.0697. The number of benzene rings is 1. The van der Waals surface area contributed by atoms with E-state index in [1.54, 1.807) is 18.2 Å². The van der Waals surface area contributed by atoms with Crippen molar-refractivity contribution >= 4 is 5.97 Å². The monoisotopic (exact) mass is 272 g/mol. The first-order chi connectivity index (χ1) is 9.65. The van der Waals surface area contributed by atoms with E-state index in [2.05, 4.69) is 5.10 Å². The van der Waals surface area contributed by atoms with Crippen molar-refractivity contribution in [2.24, 2.45) is 0 Å². The predicted octanol–water partition coefficient (Wildman–Crippen LogP) is 2.97. The standard InChI is InChI=1S/C14H9FN2O3/c15-9-3-1-4-10(7-9)17-8-11(14(18)19)13(16-17)12-5-2-6-20-12/h1-8H,(H,18,19). The smallest absolute Gasteiger partial charge is 0.339 e. The summed E-state index contributed by atoms with van der Waals surface area (Å²) in [6.45, 7) is 0. The Balaban J connectivity index is 2.15. The minimum Gasteiger partial charge on any atom is -0.478 e. The van der Waals surface area contributed by atoms with E-state index in [0.29, 0.717) is 11.4 Å². The average molecular weight is 272 g/mol. The van der Waals surface area contributed by atoms with Gasteiger partial charge in [-0.25, -0.2) is 13.9 Å². The number of nitrogens with zero attached hydrogens (tertiary/aromatic N) is 2. The summed E-state index contributed by atoms with van der Waals surface area (Å²) in [4.78, 5) is 11.3. The van der Waals surface area contributed by atoms with Crippen LogP contribution in [0.2, 0.25) is 0 Å². The van der Waals surface area contributed by atoms with Crippen molar-refractivity contribution in [1.29, 1.82) is 0 Å². The fraction of sp³-hybridized carbons (Fsp3) is 0. The average Bonchev–Trinajstić information content (AvgIpc) is 3.08. The van der Waals surface area contributed by atoms with Crippen LogP contribution in [0, 0.1) is 5.82 Å². The van der Waals surface area contributed by atoms with Crippen LogP contribution < -0.4 is 0 Å². The van der Waals surface area contributed by atoms with Gasteiger partial charge in [-0.05, 0) is 30.3 Å². The molecular formula is C14H9FN2O3. The summed E-state index contributed by atoms with van der Waals surface area (Å²) in [5.41, 5.74) is 0.626. The van der Waals surface area contributed by atoms with Crippen molar-refractivity contribution in [3.8, 4) is 17.1 Å². The van der Waals surface area contributed by atoms with E-state index in [4.69, 9.17) is 4.42 Å². The van der Waals surface area contributed by atoms with Crippen LogP contribution in [0.3, 0.4) is 0 Å². The zero-order valence-corrected chi connectivity index (χ0v) is 10.2. The van der Waals surface area contributed by atoms with Crippen molar-refractivity contribution in [2.75, 3.05) is 0 Å². The first kappa shape index (κ1) is 12.2. The Labute approximate surface area is 112 Å². The molecule has 0 amide bonds. The number of carboxylic acid groups (broad SMARTS) is 1. The number of carboxylic acids is 1. The van der Waals surface area contributed by atoms with Crippen molar-refractivity contribution in [3.05, 3.63) is 60.2 Å². The molecule has 2 heterocycles. The molecule has 2 aromatic heterocycles. The molecule has 6 heteroatoms. The SMILES string of the molecule is O=C(O)c1cn(-c2cccc(F)c2)nc1-c1ccco1. The van der Waals surface area contributed by atoms with Gasteiger partial charge in [-0.15, -0.1) is 0 Å². The lowest BCUT2D eigenvalue weighted by atomic mass is 10.2. The highest BCUT2D eigenvalue weighted by molar-refractivity contribution is 5.94. The second-order valence-electron chi connectivity index (χ2n) is 4.10. The Kier molecular flexibility index (Phi) is 2.83. The molecule has 3 rings (SSSR count). The summed E-state index contributed by atoms with van der Waals surface area (Å²) < 4.78 is 19.7. The molecule has 100 valence electrons. The third kappa shape index (κ3) is 2.07. The van der Waals surface area contributed by atoms with Crippen molar-refractivity contribution in [1.82, 2.24) is 9.78 Å². The van der Waals surface area contributed by atoms with E-state index >= 15 is 0 Å². The van der Waals surface area contributed by atoms with Crippen molar-refractivity contribution < 1.29 is 18.7 Å². The Morgan fingerprint density at radius 2 is 2.15 bits per heavy atom. The third-order valence-electron chi connectivity index (χ3n) is 2.77. The molecule has 0 fully saturated rings. The van der Waals surface area contributed by atoms with E-state index in [9.17, 15) is 14.3 Å². The van der Waals surface area contributed by atoms with E-state index < -0.39 is 11.8 Å². The molecule has 0 radical (unpaired) electrons. The highest BCUT2D eigenvalue weighted by Crippen LogP contribution is 2.24. The maximum absolute atomic E-state index is 13.2. The van der Waals surface area contributed by atoms with Crippen LogP contribution in [0.25, 0.3) is 17.1 Å². The molecule has 0 aliphatic heterocycles. The summed E-state index contributed by atoms with van der Waals surface area (Å²) in [6, 6.07) is 8.99. The highest BCUT2D eigenvalue weighted by atomic mass is 19.1. The van der Waals surface area contributed by atoms with Crippen LogP contribution >= 0.6 is 0 Å². The van der Waals surface area contributed by atoms with Gasteiger partial charge >= 0.3 is 5.97 Å². The second kappa shape index (κ2) is 4.65. The fourth-order valence-corrected chi connectivity index (χ4v) is 1.88. The molecule has 20 heavy (non-hydrogen) atoms. The van der Waals surface area contributed by atoms with Gasteiger partial charge in [-0.3, -0.25) is 0 Å². The summed E-state index contributed by atoms with van der Waals surface area (Å²) in [5.74, 6) is -1.20. The number of rotatable bonds is 3. The van der Waals surface area contributed by atoms with Gasteiger partial charge in [0.1, 0.15) is 17.1 Å². The molecule has 0 unspecified atom stereocenters. The van der Waals surface area contributed by atoms with Gasteiger partial charge in [-0.1, -0.05) is 6.07 Å². The maximum Gasteiger partial charge on any atom is 0.339 e. The molecule has 1 N–H and O–H groups in total. The van der Waals surface area contributed by atoms with E-state index in [1.807, 2.05) is 0 Å². The van der Waals surface area contributed by atoms with Gasteiger partial charge in [0.15, 0.2) is 5.76 Å². The van der Waals surface area contributed by atoms with Crippen molar-refractivity contribution in [3.63, 3.8) is 0 Å². The Hall–Kier alpha value is -2.89. The minimum absolute atomic E-state index is 0.00999. The van der Waals surface area contributed by atoms with Gasteiger partial charge in [-0.2, -0.15) is 5.10 Å². The molecule has 0 saturated heterocycles. The van der Waals surface area contributed by atoms with Crippen LogP contribution in [0.5, 0.6) is 0 Å². The number of aromatic nitrogens is 2. The summed E-state index contributed by atoms with van der Waals surface area (Å²) in [5, 5.41) is 13.4. The number of aromatic carboxylic acids is 1. The van der Waals surface area contributed by atoms with E-state index in [1.165, 1.54) is 35.3 Å². The second-order valence-corrected chi connectivity index (χ2v) is 4.10. The number of furan rings is 1.